The van der Waals surface area contributed by atoms with Gasteiger partial charge in [0.2, 0.25) is 0 Å². The van der Waals surface area contributed by atoms with E-state index in [9.17, 15) is 4.79 Å². The first kappa shape index (κ1) is 12.4. The van der Waals surface area contributed by atoms with Gasteiger partial charge in [-0.1, -0.05) is 0 Å². The van der Waals surface area contributed by atoms with Crippen LogP contribution in [0.5, 0.6) is 0 Å². The molecule has 0 unspecified atom stereocenters. The molecule has 1 aliphatic rings. The van der Waals surface area contributed by atoms with Crippen molar-refractivity contribution in [1.29, 1.82) is 0 Å². The van der Waals surface area contributed by atoms with Crippen LogP contribution in [0, 0.1) is 0 Å². The summed E-state index contributed by atoms with van der Waals surface area (Å²) in [5, 5.41) is 0. The summed E-state index contributed by atoms with van der Waals surface area (Å²) in [6.07, 6.45) is 0. The van der Waals surface area contributed by atoms with Crippen LogP contribution in [0.15, 0.2) is 0 Å². The summed E-state index contributed by atoms with van der Waals surface area (Å²) in [6, 6.07) is 0. The van der Waals surface area contributed by atoms with Crippen LogP contribution in [-0.4, -0.2) is 68.3 Å². The molecule has 0 aromatic carbocycles. The van der Waals surface area contributed by atoms with Crippen molar-refractivity contribution in [2.45, 2.75) is 5.66 Å². The molecule has 1 amide bonds. The van der Waals surface area contributed by atoms with Gasteiger partial charge in [0.15, 0.2) is 5.66 Å². The van der Waals surface area contributed by atoms with Crippen LogP contribution < -0.4 is 11.5 Å². The van der Waals surface area contributed by atoms with Gasteiger partial charge in [-0.05, 0) is 7.05 Å². The number of carbonyl (C=O) groups is 1. The first-order valence-electron chi connectivity index (χ1n) is 5.02. The molecule has 0 aliphatic carbocycles. The van der Waals surface area contributed by atoms with Gasteiger partial charge in [-0.15, -0.1) is 0 Å². The number of methoxy groups -OCH3 is 1. The van der Waals surface area contributed by atoms with Crippen LogP contribution in [0.4, 0.5) is 0 Å². The van der Waals surface area contributed by atoms with E-state index in [2.05, 4.69) is 4.90 Å². The van der Waals surface area contributed by atoms with Crippen LogP contribution in [0.25, 0.3) is 0 Å². The molecule has 1 saturated heterocycles. The second-order valence-electron chi connectivity index (χ2n) is 4.01. The minimum Gasteiger partial charge on any atom is -0.381 e. The third-order valence-corrected chi connectivity index (χ3v) is 2.86. The number of likely N-dealkylation sites (N-methyl/N-ethyl adjacent to an activating group) is 1. The van der Waals surface area contributed by atoms with Crippen molar-refractivity contribution in [2.24, 2.45) is 11.5 Å². The van der Waals surface area contributed by atoms with Crippen LogP contribution in [0.2, 0.25) is 0 Å². The number of piperazine rings is 1. The van der Waals surface area contributed by atoms with Crippen molar-refractivity contribution in [1.82, 2.24) is 9.80 Å². The van der Waals surface area contributed by atoms with E-state index in [0.29, 0.717) is 0 Å². The first-order valence-corrected chi connectivity index (χ1v) is 5.02. The monoisotopic (exact) mass is 216 g/mol. The third kappa shape index (κ3) is 2.66. The number of rotatable bonds is 4. The quantitative estimate of drug-likeness (QED) is 0.569. The Bertz CT molecular complexity index is 228. The number of amides is 1. The average molecular weight is 216 g/mol. The fourth-order valence-corrected chi connectivity index (χ4v) is 1.74. The van der Waals surface area contributed by atoms with E-state index >= 15 is 0 Å². The molecule has 0 bridgehead atoms. The standard InChI is InChI=1S/C9H20N4O2/c1-12-3-5-13(6-4-12)9(11,7-15-2)8(10)14/h3-7,11H2,1-2H3,(H2,10,14)/t9-/m1/s1. The van der Waals surface area contributed by atoms with E-state index in [1.54, 1.807) is 0 Å². The predicted molar refractivity (Wildman–Crippen MR) is 57.1 cm³/mol. The van der Waals surface area contributed by atoms with Crippen LogP contribution in [0.3, 0.4) is 0 Å². The minimum absolute atomic E-state index is 0.131. The second-order valence-corrected chi connectivity index (χ2v) is 4.01. The maximum absolute atomic E-state index is 11.4. The summed E-state index contributed by atoms with van der Waals surface area (Å²) in [7, 11) is 3.55. The van der Waals surface area contributed by atoms with Crippen molar-refractivity contribution < 1.29 is 9.53 Å². The Morgan fingerprint density at radius 3 is 2.33 bits per heavy atom. The normalized spacial score (nSPS) is 23.7. The molecule has 15 heavy (non-hydrogen) atoms. The summed E-state index contributed by atoms with van der Waals surface area (Å²) in [5.41, 5.74) is 10.1. The van der Waals surface area contributed by atoms with E-state index in [1.165, 1.54) is 7.11 Å². The van der Waals surface area contributed by atoms with Gasteiger partial charge in [-0.3, -0.25) is 9.69 Å². The molecule has 6 heteroatoms. The zero-order chi connectivity index (χ0) is 11.5. The highest BCUT2D eigenvalue weighted by Gasteiger charge is 2.39. The molecule has 1 heterocycles. The Hall–Kier alpha value is -0.690. The molecule has 1 rings (SSSR count). The Morgan fingerprint density at radius 1 is 1.40 bits per heavy atom. The van der Waals surface area contributed by atoms with Crippen molar-refractivity contribution in [3.8, 4) is 0 Å². The number of nitrogens with zero attached hydrogens (tertiary/aromatic N) is 2. The van der Waals surface area contributed by atoms with Crippen molar-refractivity contribution >= 4 is 5.91 Å². The molecule has 6 nitrogen and oxygen atoms in total. The number of hydrogen-bond donors (Lipinski definition) is 2. The van der Waals surface area contributed by atoms with Gasteiger partial charge in [0.1, 0.15) is 0 Å². The number of ether oxygens (including phenoxy) is 1. The van der Waals surface area contributed by atoms with Gasteiger partial charge in [0.25, 0.3) is 5.91 Å². The van der Waals surface area contributed by atoms with Crippen LogP contribution in [-0.2, 0) is 9.53 Å². The topological polar surface area (TPSA) is 84.8 Å². The Labute approximate surface area is 90.1 Å². The summed E-state index contributed by atoms with van der Waals surface area (Å²) in [4.78, 5) is 15.4. The fraction of sp³-hybridized carbons (Fsp3) is 0.889. The lowest BCUT2D eigenvalue weighted by Crippen LogP contribution is -2.69. The molecule has 0 aromatic heterocycles. The van der Waals surface area contributed by atoms with Gasteiger partial charge in [-0.2, -0.15) is 0 Å². The van der Waals surface area contributed by atoms with Crippen molar-refractivity contribution in [3.63, 3.8) is 0 Å². The van der Waals surface area contributed by atoms with Crippen LogP contribution in [0.1, 0.15) is 0 Å². The molecule has 1 atom stereocenters. The predicted octanol–water partition coefficient (Wildman–Crippen LogP) is -1.98. The highest BCUT2D eigenvalue weighted by Crippen LogP contribution is 2.12. The number of carbonyl (C=O) groups excluding carboxylic acids is 1. The summed E-state index contributed by atoms with van der Waals surface area (Å²) in [5.74, 6) is -0.533. The summed E-state index contributed by atoms with van der Waals surface area (Å²) >= 11 is 0. The van der Waals surface area contributed by atoms with Gasteiger partial charge in [0.05, 0.1) is 6.61 Å². The molecular weight excluding hydrogens is 196 g/mol. The largest absolute Gasteiger partial charge is 0.381 e. The van der Waals surface area contributed by atoms with E-state index in [4.69, 9.17) is 16.2 Å². The van der Waals surface area contributed by atoms with Crippen molar-refractivity contribution in [3.05, 3.63) is 0 Å². The molecular formula is C9H20N4O2. The SMILES string of the molecule is COC[C@](N)(C(N)=O)N1CCN(C)CC1. The van der Waals surface area contributed by atoms with Gasteiger partial charge < -0.3 is 21.1 Å². The molecule has 0 radical (unpaired) electrons. The number of primary amides is 1. The van der Waals surface area contributed by atoms with E-state index in [0.717, 1.165) is 26.2 Å². The van der Waals surface area contributed by atoms with E-state index in [-0.39, 0.29) is 6.61 Å². The smallest absolute Gasteiger partial charge is 0.255 e. The third-order valence-electron chi connectivity index (χ3n) is 2.86. The zero-order valence-electron chi connectivity index (χ0n) is 9.40. The molecule has 0 aromatic rings. The lowest BCUT2D eigenvalue weighted by Gasteiger charge is -2.42. The van der Waals surface area contributed by atoms with E-state index < -0.39 is 11.6 Å². The lowest BCUT2D eigenvalue weighted by atomic mass is 10.1. The maximum atomic E-state index is 11.4. The Morgan fingerprint density at radius 2 is 1.93 bits per heavy atom. The highest BCUT2D eigenvalue weighted by atomic mass is 16.5. The Kier molecular flexibility index (Phi) is 4.04. The van der Waals surface area contributed by atoms with Gasteiger partial charge in [0, 0.05) is 33.3 Å². The molecule has 1 aliphatic heterocycles. The molecule has 4 N–H and O–H groups in total. The minimum atomic E-state index is -1.17. The maximum Gasteiger partial charge on any atom is 0.255 e. The Balaban J connectivity index is 2.68. The fourth-order valence-electron chi connectivity index (χ4n) is 1.74. The summed E-state index contributed by atoms with van der Waals surface area (Å²) in [6.45, 7) is 3.37. The number of nitrogens with two attached hydrogens (primary N) is 2. The number of hydrogen-bond acceptors (Lipinski definition) is 5. The first-order chi connectivity index (χ1) is 7.00. The average Bonchev–Trinajstić information content (AvgIpc) is 2.18. The lowest BCUT2D eigenvalue weighted by molar-refractivity contribution is -0.135. The van der Waals surface area contributed by atoms with Crippen LogP contribution >= 0.6 is 0 Å². The van der Waals surface area contributed by atoms with Crippen molar-refractivity contribution in [2.75, 3.05) is 46.9 Å². The highest BCUT2D eigenvalue weighted by molar-refractivity contribution is 5.84. The van der Waals surface area contributed by atoms with Gasteiger partial charge >= 0.3 is 0 Å². The molecule has 0 spiro atoms. The second kappa shape index (κ2) is 4.89. The zero-order valence-corrected chi connectivity index (χ0v) is 9.40. The molecule has 88 valence electrons. The van der Waals surface area contributed by atoms with E-state index in [1.807, 2.05) is 11.9 Å². The summed E-state index contributed by atoms with van der Waals surface area (Å²) < 4.78 is 4.97. The molecule has 0 saturated carbocycles. The van der Waals surface area contributed by atoms with Gasteiger partial charge in [-0.25, -0.2) is 0 Å². The molecule has 1 fully saturated rings.